The van der Waals surface area contributed by atoms with E-state index in [4.69, 9.17) is 0 Å². The number of hydrogen-bond acceptors (Lipinski definition) is 3. The minimum absolute atomic E-state index is 0.0924. The fourth-order valence-corrected chi connectivity index (χ4v) is 3.42. The number of guanidine groups is 1. The summed E-state index contributed by atoms with van der Waals surface area (Å²) in [5.41, 5.74) is 0.143. The smallest absolute Gasteiger partial charge is 0.266 e. The van der Waals surface area contributed by atoms with Crippen LogP contribution >= 0.6 is 0 Å². The standard InChI is InChI=1S/C12H14FN3O2S/c1-12(5-2-6-12)15-11-14-9-4-3-8(13)7-10(9)19(17,18)16-11/h3-4,7H,2,5-6H2,1H3,(H2,14,15,16). The minimum Gasteiger partial charge on any atom is -0.324 e. The van der Waals surface area contributed by atoms with Crippen molar-refractivity contribution in [1.82, 2.24) is 4.72 Å². The number of nitrogens with one attached hydrogen (secondary N) is 2. The number of hydrogen-bond donors (Lipinski definition) is 2. The van der Waals surface area contributed by atoms with Crippen molar-refractivity contribution in [3.8, 4) is 0 Å². The molecule has 102 valence electrons. The predicted octanol–water partition coefficient (Wildman–Crippen LogP) is 1.83. The zero-order valence-electron chi connectivity index (χ0n) is 10.4. The van der Waals surface area contributed by atoms with Crippen LogP contribution in [0.25, 0.3) is 0 Å². The van der Waals surface area contributed by atoms with Crippen molar-refractivity contribution < 1.29 is 12.8 Å². The Bertz CT molecular complexity index is 666. The molecule has 5 nitrogen and oxygen atoms in total. The summed E-state index contributed by atoms with van der Waals surface area (Å²) in [4.78, 5) is 4.32. The average Bonchev–Trinajstić information content (AvgIpc) is 2.27. The van der Waals surface area contributed by atoms with E-state index in [9.17, 15) is 12.8 Å². The van der Waals surface area contributed by atoms with Crippen LogP contribution in [-0.4, -0.2) is 19.9 Å². The molecule has 0 aromatic heterocycles. The number of benzene rings is 1. The molecule has 0 radical (unpaired) electrons. The second-order valence-electron chi connectivity index (χ2n) is 5.18. The number of halogens is 1. The molecule has 2 aliphatic rings. The summed E-state index contributed by atoms with van der Waals surface area (Å²) in [6, 6.07) is 3.61. The average molecular weight is 283 g/mol. The lowest BCUT2D eigenvalue weighted by atomic mass is 9.79. The molecule has 19 heavy (non-hydrogen) atoms. The quantitative estimate of drug-likeness (QED) is 0.826. The van der Waals surface area contributed by atoms with Crippen molar-refractivity contribution in [2.45, 2.75) is 36.6 Å². The highest BCUT2D eigenvalue weighted by Gasteiger charge is 2.34. The van der Waals surface area contributed by atoms with Crippen LogP contribution in [0, 0.1) is 5.82 Å². The van der Waals surface area contributed by atoms with Crippen LogP contribution in [0.15, 0.2) is 28.1 Å². The molecule has 1 aliphatic carbocycles. The number of fused-ring (bicyclic) bond motifs is 1. The first kappa shape index (κ1) is 12.4. The van der Waals surface area contributed by atoms with Crippen LogP contribution in [0.3, 0.4) is 0 Å². The Morgan fingerprint density at radius 3 is 2.74 bits per heavy atom. The summed E-state index contributed by atoms with van der Waals surface area (Å²) in [7, 11) is -3.75. The Morgan fingerprint density at radius 1 is 1.37 bits per heavy atom. The normalized spacial score (nSPS) is 24.8. The van der Waals surface area contributed by atoms with Crippen molar-refractivity contribution in [3.63, 3.8) is 0 Å². The Morgan fingerprint density at radius 2 is 2.11 bits per heavy atom. The fraction of sp³-hybridized carbons (Fsp3) is 0.417. The van der Waals surface area contributed by atoms with Crippen LogP contribution in [0.1, 0.15) is 26.2 Å². The van der Waals surface area contributed by atoms with E-state index in [-0.39, 0.29) is 16.4 Å². The molecule has 0 amide bonds. The third-order valence-electron chi connectivity index (χ3n) is 3.53. The minimum atomic E-state index is -3.75. The molecule has 1 heterocycles. The Hall–Kier alpha value is -1.63. The maximum Gasteiger partial charge on any atom is 0.266 e. The molecule has 0 unspecified atom stereocenters. The molecule has 0 bridgehead atoms. The Balaban J connectivity index is 2.02. The molecule has 3 rings (SSSR count). The fourth-order valence-electron chi connectivity index (χ4n) is 2.28. The zero-order chi connectivity index (χ0) is 13.7. The summed E-state index contributed by atoms with van der Waals surface area (Å²) in [6.07, 6.45) is 2.98. The van der Waals surface area contributed by atoms with E-state index in [0.717, 1.165) is 25.3 Å². The largest absolute Gasteiger partial charge is 0.324 e. The van der Waals surface area contributed by atoms with Crippen LogP contribution < -0.4 is 10.0 Å². The van der Waals surface area contributed by atoms with Crippen molar-refractivity contribution >= 4 is 21.7 Å². The summed E-state index contributed by atoms with van der Waals surface area (Å²) in [5.74, 6) is -0.376. The molecule has 0 atom stereocenters. The van der Waals surface area contributed by atoms with Gasteiger partial charge in [-0.1, -0.05) is 0 Å². The van der Waals surface area contributed by atoms with Gasteiger partial charge in [-0.05, 0) is 44.4 Å². The van der Waals surface area contributed by atoms with E-state index in [1.54, 1.807) is 0 Å². The van der Waals surface area contributed by atoms with Gasteiger partial charge in [0.2, 0.25) is 5.96 Å². The second kappa shape index (κ2) is 3.93. The van der Waals surface area contributed by atoms with Gasteiger partial charge in [0.25, 0.3) is 10.0 Å². The van der Waals surface area contributed by atoms with E-state index in [2.05, 4.69) is 15.0 Å². The van der Waals surface area contributed by atoms with Crippen LogP contribution in [0.5, 0.6) is 0 Å². The van der Waals surface area contributed by atoms with Crippen molar-refractivity contribution in [1.29, 1.82) is 0 Å². The first-order valence-electron chi connectivity index (χ1n) is 6.07. The molecular weight excluding hydrogens is 269 g/mol. The van der Waals surface area contributed by atoms with Crippen molar-refractivity contribution in [2.24, 2.45) is 4.99 Å². The SMILES string of the molecule is CC1(N=C2Nc3ccc(F)cc3S(=O)(=O)N2)CCC1. The van der Waals surface area contributed by atoms with E-state index in [1.165, 1.54) is 12.1 Å². The van der Waals surface area contributed by atoms with E-state index in [1.807, 2.05) is 6.92 Å². The monoisotopic (exact) mass is 283 g/mol. The van der Waals surface area contributed by atoms with Crippen LogP contribution in [0.4, 0.5) is 10.1 Å². The number of rotatable bonds is 1. The Labute approximate surface area is 111 Å². The lowest BCUT2D eigenvalue weighted by Gasteiger charge is -2.35. The molecule has 1 aromatic carbocycles. The Kier molecular flexibility index (Phi) is 2.57. The van der Waals surface area contributed by atoms with Crippen molar-refractivity contribution in [3.05, 3.63) is 24.0 Å². The number of anilines is 1. The maximum atomic E-state index is 13.1. The lowest BCUT2D eigenvalue weighted by Crippen LogP contribution is -2.44. The topological polar surface area (TPSA) is 70.6 Å². The van der Waals surface area contributed by atoms with Gasteiger partial charge in [-0.25, -0.2) is 22.5 Å². The summed E-state index contributed by atoms with van der Waals surface area (Å²) < 4.78 is 39.5. The molecule has 1 fully saturated rings. The van der Waals surface area contributed by atoms with Gasteiger partial charge in [0.1, 0.15) is 10.7 Å². The maximum absolute atomic E-state index is 13.1. The summed E-state index contributed by atoms with van der Waals surface area (Å²) in [5, 5.41) is 2.90. The molecule has 1 saturated carbocycles. The van der Waals surface area contributed by atoms with Gasteiger partial charge in [-0.15, -0.1) is 0 Å². The van der Waals surface area contributed by atoms with Gasteiger partial charge in [-0.2, -0.15) is 0 Å². The summed E-state index contributed by atoms with van der Waals surface area (Å²) in [6.45, 7) is 1.99. The van der Waals surface area contributed by atoms with E-state index < -0.39 is 15.8 Å². The molecule has 2 N–H and O–H groups in total. The molecular formula is C12H14FN3O2S. The highest BCUT2D eigenvalue weighted by molar-refractivity contribution is 7.90. The zero-order valence-corrected chi connectivity index (χ0v) is 11.2. The van der Waals surface area contributed by atoms with Crippen LogP contribution in [0.2, 0.25) is 0 Å². The molecule has 1 aromatic rings. The molecule has 1 aliphatic heterocycles. The lowest BCUT2D eigenvalue weighted by molar-refractivity contribution is 0.279. The number of aliphatic imine (C=N–C) groups is 1. The third kappa shape index (κ3) is 2.18. The van der Waals surface area contributed by atoms with E-state index >= 15 is 0 Å². The van der Waals surface area contributed by atoms with Gasteiger partial charge in [0.05, 0.1) is 11.2 Å². The van der Waals surface area contributed by atoms with Gasteiger partial charge in [-0.3, -0.25) is 0 Å². The van der Waals surface area contributed by atoms with Gasteiger partial charge in [0.15, 0.2) is 0 Å². The molecule has 0 saturated heterocycles. The molecule has 0 spiro atoms. The first-order valence-corrected chi connectivity index (χ1v) is 7.56. The number of sulfonamides is 1. The third-order valence-corrected chi connectivity index (χ3v) is 4.91. The van der Waals surface area contributed by atoms with Gasteiger partial charge < -0.3 is 5.32 Å². The van der Waals surface area contributed by atoms with Crippen molar-refractivity contribution in [2.75, 3.05) is 5.32 Å². The second-order valence-corrected chi connectivity index (χ2v) is 6.83. The number of nitrogens with zero attached hydrogens (tertiary/aromatic N) is 1. The highest BCUT2D eigenvalue weighted by Crippen LogP contribution is 2.35. The van der Waals surface area contributed by atoms with Gasteiger partial charge in [0, 0.05) is 0 Å². The molecule has 7 heteroatoms. The van der Waals surface area contributed by atoms with Crippen LogP contribution in [-0.2, 0) is 10.0 Å². The summed E-state index contributed by atoms with van der Waals surface area (Å²) >= 11 is 0. The predicted molar refractivity (Wildman–Crippen MR) is 70.0 cm³/mol. The highest BCUT2D eigenvalue weighted by atomic mass is 32.2. The van der Waals surface area contributed by atoms with Gasteiger partial charge >= 0.3 is 0 Å². The van der Waals surface area contributed by atoms with E-state index in [0.29, 0.717) is 5.69 Å². The first-order chi connectivity index (χ1) is 8.88.